The molecule has 1 N–H and O–H groups in total. The summed E-state index contributed by atoms with van der Waals surface area (Å²) in [4.78, 5) is 15.0. The third-order valence-corrected chi connectivity index (χ3v) is 2.32. The molecule has 1 unspecified atom stereocenters. The molecule has 1 amide bonds. The molecule has 80 valence electrons. The van der Waals surface area contributed by atoms with E-state index in [1.54, 1.807) is 13.3 Å². The van der Waals surface area contributed by atoms with Crippen molar-refractivity contribution in [1.29, 1.82) is 0 Å². The highest BCUT2D eigenvalue weighted by molar-refractivity contribution is 5.70. The second kappa shape index (κ2) is 3.76. The zero-order chi connectivity index (χ0) is 10.8. The fourth-order valence-electron chi connectivity index (χ4n) is 1.55. The van der Waals surface area contributed by atoms with Crippen LogP contribution in [0.15, 0.2) is 12.3 Å². The quantitative estimate of drug-likeness (QED) is 0.792. The van der Waals surface area contributed by atoms with Crippen molar-refractivity contribution in [1.82, 2.24) is 10.3 Å². The van der Waals surface area contributed by atoms with Crippen molar-refractivity contribution in [3.05, 3.63) is 23.4 Å². The van der Waals surface area contributed by atoms with Crippen LogP contribution in [-0.4, -0.2) is 24.8 Å². The first-order valence-corrected chi connectivity index (χ1v) is 4.64. The number of aromatic nitrogens is 1. The molecule has 15 heavy (non-hydrogen) atoms. The van der Waals surface area contributed by atoms with E-state index in [9.17, 15) is 4.79 Å². The van der Waals surface area contributed by atoms with Gasteiger partial charge in [-0.2, -0.15) is 0 Å². The minimum atomic E-state index is -0.381. The van der Waals surface area contributed by atoms with Gasteiger partial charge in [0.15, 0.2) is 0 Å². The average Bonchev–Trinajstić information content (AvgIpc) is 2.65. The largest absolute Gasteiger partial charge is 0.481 e. The van der Waals surface area contributed by atoms with E-state index in [0.29, 0.717) is 12.5 Å². The Hall–Kier alpha value is -1.78. The standard InChI is InChI=1S/C10H12N2O3/c1-6-3-7(4-11-9(6)14-2)8-5-15-10(13)12-8/h3-4,8H,5H2,1-2H3,(H,12,13). The van der Waals surface area contributed by atoms with Crippen LogP contribution in [0.1, 0.15) is 17.2 Å². The van der Waals surface area contributed by atoms with Crippen LogP contribution < -0.4 is 10.1 Å². The van der Waals surface area contributed by atoms with Gasteiger partial charge in [0.25, 0.3) is 0 Å². The molecule has 1 saturated heterocycles. The topological polar surface area (TPSA) is 60.5 Å². The Bertz CT molecular complexity index is 392. The van der Waals surface area contributed by atoms with Gasteiger partial charge in [0.05, 0.1) is 13.2 Å². The predicted octanol–water partition coefficient (Wildman–Crippen LogP) is 1.18. The molecule has 0 radical (unpaired) electrons. The van der Waals surface area contributed by atoms with Gasteiger partial charge in [0.2, 0.25) is 5.88 Å². The van der Waals surface area contributed by atoms with Gasteiger partial charge in [-0.05, 0) is 18.6 Å². The maximum atomic E-state index is 10.9. The monoisotopic (exact) mass is 208 g/mol. The molecule has 1 fully saturated rings. The molecule has 0 aromatic carbocycles. The van der Waals surface area contributed by atoms with E-state index in [2.05, 4.69) is 10.3 Å². The summed E-state index contributed by atoms with van der Waals surface area (Å²) in [5, 5.41) is 2.69. The van der Waals surface area contributed by atoms with Crippen molar-refractivity contribution in [3.8, 4) is 5.88 Å². The van der Waals surface area contributed by atoms with Crippen LogP contribution >= 0.6 is 0 Å². The van der Waals surface area contributed by atoms with Crippen molar-refractivity contribution in [2.75, 3.05) is 13.7 Å². The number of aryl methyl sites for hydroxylation is 1. The molecule has 1 aromatic rings. The van der Waals surface area contributed by atoms with Crippen LogP contribution in [0.2, 0.25) is 0 Å². The number of ether oxygens (including phenoxy) is 2. The van der Waals surface area contributed by atoms with Gasteiger partial charge in [0, 0.05) is 11.8 Å². The normalized spacial score (nSPS) is 19.6. The number of rotatable bonds is 2. The molecule has 1 aromatic heterocycles. The number of cyclic esters (lactones) is 1. The zero-order valence-electron chi connectivity index (χ0n) is 8.61. The Morgan fingerprint density at radius 1 is 1.67 bits per heavy atom. The third-order valence-electron chi connectivity index (χ3n) is 2.32. The molecule has 5 heteroatoms. The van der Waals surface area contributed by atoms with Crippen molar-refractivity contribution in [3.63, 3.8) is 0 Å². The number of methoxy groups -OCH3 is 1. The minimum absolute atomic E-state index is 0.102. The summed E-state index contributed by atoms with van der Waals surface area (Å²) < 4.78 is 9.86. The number of nitrogens with one attached hydrogen (secondary N) is 1. The fraction of sp³-hybridized carbons (Fsp3) is 0.400. The molecule has 1 aliphatic heterocycles. The summed E-state index contributed by atoms with van der Waals surface area (Å²) in [6.07, 6.45) is 1.30. The van der Waals surface area contributed by atoms with E-state index >= 15 is 0 Å². The molecule has 0 bridgehead atoms. The first kappa shape index (κ1) is 9.76. The Morgan fingerprint density at radius 2 is 2.47 bits per heavy atom. The average molecular weight is 208 g/mol. The maximum Gasteiger partial charge on any atom is 0.407 e. The van der Waals surface area contributed by atoms with Gasteiger partial charge in [-0.3, -0.25) is 0 Å². The summed E-state index contributed by atoms with van der Waals surface area (Å²) in [6, 6.07) is 1.83. The summed E-state index contributed by atoms with van der Waals surface area (Å²) in [6.45, 7) is 2.26. The number of nitrogens with zero attached hydrogens (tertiary/aromatic N) is 1. The SMILES string of the molecule is COc1ncc(C2COC(=O)N2)cc1C. The zero-order valence-corrected chi connectivity index (χ0v) is 8.61. The van der Waals surface area contributed by atoms with Crippen LogP contribution in [0.4, 0.5) is 4.79 Å². The lowest BCUT2D eigenvalue weighted by Crippen LogP contribution is -2.18. The number of pyridine rings is 1. The van der Waals surface area contributed by atoms with Gasteiger partial charge < -0.3 is 14.8 Å². The first-order chi connectivity index (χ1) is 7.20. The van der Waals surface area contributed by atoms with Crippen molar-refractivity contribution in [2.45, 2.75) is 13.0 Å². The summed E-state index contributed by atoms with van der Waals surface area (Å²) in [5.41, 5.74) is 1.87. The van der Waals surface area contributed by atoms with E-state index < -0.39 is 0 Å². The Morgan fingerprint density at radius 3 is 3.00 bits per heavy atom. The smallest absolute Gasteiger partial charge is 0.407 e. The third kappa shape index (κ3) is 1.86. The second-order valence-corrected chi connectivity index (χ2v) is 3.39. The van der Waals surface area contributed by atoms with Crippen LogP contribution in [0.25, 0.3) is 0 Å². The second-order valence-electron chi connectivity index (χ2n) is 3.39. The Kier molecular flexibility index (Phi) is 2.45. The lowest BCUT2D eigenvalue weighted by Gasteiger charge is -2.09. The number of hydrogen-bond acceptors (Lipinski definition) is 4. The van der Waals surface area contributed by atoms with Crippen LogP contribution in [0, 0.1) is 6.92 Å². The van der Waals surface area contributed by atoms with Gasteiger partial charge in [-0.25, -0.2) is 9.78 Å². The lowest BCUT2D eigenvalue weighted by atomic mass is 10.1. The molecule has 0 aliphatic carbocycles. The molecule has 5 nitrogen and oxygen atoms in total. The number of hydrogen-bond donors (Lipinski definition) is 1. The fourth-order valence-corrected chi connectivity index (χ4v) is 1.55. The number of carbonyl (C=O) groups is 1. The van der Waals surface area contributed by atoms with E-state index in [-0.39, 0.29) is 12.1 Å². The predicted molar refractivity (Wildman–Crippen MR) is 52.8 cm³/mol. The van der Waals surface area contributed by atoms with Crippen molar-refractivity contribution < 1.29 is 14.3 Å². The number of carbonyl (C=O) groups excluding carboxylic acids is 1. The highest BCUT2D eigenvalue weighted by Gasteiger charge is 2.24. The van der Waals surface area contributed by atoms with Gasteiger partial charge >= 0.3 is 6.09 Å². The molecule has 0 spiro atoms. The van der Waals surface area contributed by atoms with E-state index in [1.807, 2.05) is 13.0 Å². The molecule has 2 rings (SSSR count). The van der Waals surface area contributed by atoms with Gasteiger partial charge in [-0.1, -0.05) is 0 Å². The molecule has 1 aliphatic rings. The molecule has 0 saturated carbocycles. The van der Waals surface area contributed by atoms with E-state index in [1.165, 1.54) is 0 Å². The summed E-state index contributed by atoms with van der Waals surface area (Å²) in [7, 11) is 1.58. The molecular formula is C10H12N2O3. The minimum Gasteiger partial charge on any atom is -0.481 e. The van der Waals surface area contributed by atoms with Gasteiger partial charge in [0.1, 0.15) is 6.61 Å². The van der Waals surface area contributed by atoms with Crippen LogP contribution in [0.3, 0.4) is 0 Å². The molecular weight excluding hydrogens is 196 g/mol. The molecule has 1 atom stereocenters. The highest BCUT2D eigenvalue weighted by atomic mass is 16.6. The summed E-state index contributed by atoms with van der Waals surface area (Å²) >= 11 is 0. The Balaban J connectivity index is 2.22. The van der Waals surface area contributed by atoms with Crippen LogP contribution in [0.5, 0.6) is 5.88 Å². The molecule has 2 heterocycles. The van der Waals surface area contributed by atoms with E-state index in [0.717, 1.165) is 11.1 Å². The van der Waals surface area contributed by atoms with E-state index in [4.69, 9.17) is 9.47 Å². The lowest BCUT2D eigenvalue weighted by molar-refractivity contribution is 0.177. The van der Waals surface area contributed by atoms with Gasteiger partial charge in [-0.15, -0.1) is 0 Å². The van der Waals surface area contributed by atoms with Crippen LogP contribution in [-0.2, 0) is 4.74 Å². The number of alkyl carbamates (subject to hydrolysis) is 1. The highest BCUT2D eigenvalue weighted by Crippen LogP contribution is 2.22. The van der Waals surface area contributed by atoms with Crippen molar-refractivity contribution in [2.24, 2.45) is 0 Å². The van der Waals surface area contributed by atoms with Crippen molar-refractivity contribution >= 4 is 6.09 Å². The number of amides is 1. The maximum absolute atomic E-state index is 10.9. The first-order valence-electron chi connectivity index (χ1n) is 4.64. The summed E-state index contributed by atoms with van der Waals surface area (Å²) in [5.74, 6) is 0.601. The Labute approximate surface area is 87.4 Å².